The van der Waals surface area contributed by atoms with Gasteiger partial charge < -0.3 is 14.7 Å². The van der Waals surface area contributed by atoms with Crippen LogP contribution in [0.15, 0.2) is 30.5 Å². The highest BCUT2D eigenvalue weighted by Crippen LogP contribution is 2.37. The van der Waals surface area contributed by atoms with Gasteiger partial charge in [0.2, 0.25) is 0 Å². The number of rotatable bonds is 4. The summed E-state index contributed by atoms with van der Waals surface area (Å²) in [5.74, 6) is 1.70. The van der Waals surface area contributed by atoms with E-state index in [0.29, 0.717) is 24.3 Å². The molecular weight excluding hydrogens is 238 g/mol. The van der Waals surface area contributed by atoms with Crippen molar-refractivity contribution in [3.05, 3.63) is 36.1 Å². The van der Waals surface area contributed by atoms with E-state index in [2.05, 4.69) is 25.5 Å². The number of aromatic hydroxyl groups is 1. The summed E-state index contributed by atoms with van der Waals surface area (Å²) in [6.07, 6.45) is 1.90. The standard InChI is InChI=1S/C16H23NO2/c1-5-19-11(2)8-14-9-13-6-7-15(18)10-16(13)17(4)12(14)3/h6-7,10,12,14,18H,2,5,8-9H2,1,3-4H3. The van der Waals surface area contributed by atoms with Gasteiger partial charge in [0.15, 0.2) is 0 Å². The summed E-state index contributed by atoms with van der Waals surface area (Å²) in [6.45, 7) is 8.87. The molecule has 0 spiro atoms. The number of allylic oxidation sites excluding steroid dienone is 1. The van der Waals surface area contributed by atoms with Crippen molar-refractivity contribution in [1.29, 1.82) is 0 Å². The first-order valence-corrected chi connectivity index (χ1v) is 6.88. The summed E-state index contributed by atoms with van der Waals surface area (Å²) < 4.78 is 5.48. The van der Waals surface area contributed by atoms with Gasteiger partial charge in [0.1, 0.15) is 5.75 Å². The van der Waals surface area contributed by atoms with Crippen LogP contribution in [0.1, 0.15) is 25.8 Å². The number of nitrogens with zero attached hydrogens (tertiary/aromatic N) is 1. The maximum Gasteiger partial charge on any atom is 0.117 e. The van der Waals surface area contributed by atoms with Crippen LogP contribution in [0.25, 0.3) is 0 Å². The van der Waals surface area contributed by atoms with E-state index in [9.17, 15) is 5.11 Å². The molecule has 0 fully saturated rings. The van der Waals surface area contributed by atoms with E-state index in [1.165, 1.54) is 5.56 Å². The van der Waals surface area contributed by atoms with Gasteiger partial charge >= 0.3 is 0 Å². The highest BCUT2D eigenvalue weighted by atomic mass is 16.5. The van der Waals surface area contributed by atoms with Crippen molar-refractivity contribution in [2.75, 3.05) is 18.6 Å². The predicted molar refractivity (Wildman–Crippen MR) is 78.5 cm³/mol. The maximum atomic E-state index is 9.61. The lowest BCUT2D eigenvalue weighted by molar-refractivity contribution is 0.201. The molecule has 1 heterocycles. The molecule has 2 rings (SSSR count). The second-order valence-corrected chi connectivity index (χ2v) is 5.30. The Morgan fingerprint density at radius 2 is 2.26 bits per heavy atom. The van der Waals surface area contributed by atoms with Gasteiger partial charge in [0, 0.05) is 31.3 Å². The number of hydrogen-bond acceptors (Lipinski definition) is 3. The van der Waals surface area contributed by atoms with E-state index in [1.54, 1.807) is 6.07 Å². The molecule has 1 aromatic carbocycles. The fraction of sp³-hybridized carbons (Fsp3) is 0.500. The molecule has 0 amide bonds. The Hall–Kier alpha value is -1.64. The van der Waals surface area contributed by atoms with E-state index >= 15 is 0 Å². The van der Waals surface area contributed by atoms with Gasteiger partial charge in [-0.3, -0.25) is 0 Å². The van der Waals surface area contributed by atoms with E-state index in [-0.39, 0.29) is 0 Å². The average molecular weight is 261 g/mol. The first-order chi connectivity index (χ1) is 9.02. The summed E-state index contributed by atoms with van der Waals surface area (Å²) >= 11 is 0. The van der Waals surface area contributed by atoms with E-state index in [1.807, 2.05) is 19.1 Å². The molecular formula is C16H23NO2. The number of anilines is 1. The van der Waals surface area contributed by atoms with Crippen molar-refractivity contribution in [1.82, 2.24) is 0 Å². The van der Waals surface area contributed by atoms with Gasteiger partial charge in [-0.15, -0.1) is 0 Å². The molecule has 1 N–H and O–H groups in total. The number of hydrogen-bond donors (Lipinski definition) is 1. The quantitative estimate of drug-likeness (QED) is 0.844. The molecule has 3 nitrogen and oxygen atoms in total. The summed E-state index contributed by atoms with van der Waals surface area (Å²) in [5, 5.41) is 9.61. The second kappa shape index (κ2) is 5.55. The number of benzene rings is 1. The topological polar surface area (TPSA) is 32.7 Å². The Labute approximate surface area is 115 Å². The van der Waals surface area contributed by atoms with Crippen LogP contribution in [0.4, 0.5) is 5.69 Å². The lowest BCUT2D eigenvalue weighted by Gasteiger charge is -2.40. The fourth-order valence-corrected chi connectivity index (χ4v) is 2.84. The normalized spacial score (nSPS) is 21.9. The largest absolute Gasteiger partial charge is 0.508 e. The number of fused-ring (bicyclic) bond motifs is 1. The number of phenols is 1. The van der Waals surface area contributed by atoms with Crippen molar-refractivity contribution >= 4 is 5.69 Å². The monoisotopic (exact) mass is 261 g/mol. The molecule has 2 atom stereocenters. The zero-order chi connectivity index (χ0) is 14.0. The maximum absolute atomic E-state index is 9.61. The lowest BCUT2D eigenvalue weighted by Crippen LogP contribution is -2.41. The minimum absolute atomic E-state index is 0.329. The van der Waals surface area contributed by atoms with E-state index in [0.717, 1.165) is 24.3 Å². The highest BCUT2D eigenvalue weighted by Gasteiger charge is 2.29. The third kappa shape index (κ3) is 2.86. The zero-order valence-electron chi connectivity index (χ0n) is 12.0. The van der Waals surface area contributed by atoms with Crippen molar-refractivity contribution < 1.29 is 9.84 Å². The molecule has 0 aromatic heterocycles. The average Bonchev–Trinajstić information content (AvgIpc) is 2.37. The van der Waals surface area contributed by atoms with Crippen LogP contribution in [0.2, 0.25) is 0 Å². The first kappa shape index (κ1) is 13.8. The fourth-order valence-electron chi connectivity index (χ4n) is 2.84. The molecule has 1 aromatic rings. The van der Waals surface area contributed by atoms with Crippen molar-refractivity contribution in [3.8, 4) is 5.75 Å². The smallest absolute Gasteiger partial charge is 0.117 e. The van der Waals surface area contributed by atoms with Crippen LogP contribution < -0.4 is 4.90 Å². The van der Waals surface area contributed by atoms with Crippen LogP contribution in [0.3, 0.4) is 0 Å². The summed E-state index contributed by atoms with van der Waals surface area (Å²) in [5.41, 5.74) is 2.42. The predicted octanol–water partition coefficient (Wildman–Crippen LogP) is 3.33. The second-order valence-electron chi connectivity index (χ2n) is 5.30. The minimum atomic E-state index is 0.329. The van der Waals surface area contributed by atoms with Crippen LogP contribution in [0.5, 0.6) is 5.75 Å². The van der Waals surface area contributed by atoms with Crippen molar-refractivity contribution in [2.24, 2.45) is 5.92 Å². The third-order valence-electron chi connectivity index (χ3n) is 4.06. The number of phenolic OH excluding ortho intramolecular Hbond substituents is 1. The minimum Gasteiger partial charge on any atom is -0.508 e. The molecule has 0 aliphatic carbocycles. The molecule has 1 aliphatic heterocycles. The molecule has 0 saturated heterocycles. The van der Waals surface area contributed by atoms with E-state index < -0.39 is 0 Å². The first-order valence-electron chi connectivity index (χ1n) is 6.88. The van der Waals surface area contributed by atoms with Crippen LogP contribution in [-0.4, -0.2) is 24.8 Å². The molecule has 19 heavy (non-hydrogen) atoms. The van der Waals surface area contributed by atoms with Crippen molar-refractivity contribution in [2.45, 2.75) is 32.7 Å². The van der Waals surface area contributed by atoms with Gasteiger partial charge in [-0.25, -0.2) is 0 Å². The van der Waals surface area contributed by atoms with E-state index in [4.69, 9.17) is 4.74 Å². The van der Waals surface area contributed by atoms with Crippen molar-refractivity contribution in [3.63, 3.8) is 0 Å². The van der Waals surface area contributed by atoms with Crippen LogP contribution in [0, 0.1) is 5.92 Å². The Morgan fingerprint density at radius 3 is 2.95 bits per heavy atom. The van der Waals surface area contributed by atoms with Gasteiger partial charge in [-0.05, 0) is 37.8 Å². The summed E-state index contributed by atoms with van der Waals surface area (Å²) in [6, 6.07) is 6.03. The van der Waals surface area contributed by atoms with Gasteiger partial charge in [0.05, 0.1) is 12.4 Å². The zero-order valence-corrected chi connectivity index (χ0v) is 12.0. The Kier molecular flexibility index (Phi) is 4.03. The molecule has 1 aliphatic rings. The van der Waals surface area contributed by atoms with Crippen LogP contribution in [-0.2, 0) is 11.2 Å². The Morgan fingerprint density at radius 1 is 1.53 bits per heavy atom. The molecule has 0 saturated carbocycles. The summed E-state index contributed by atoms with van der Waals surface area (Å²) in [7, 11) is 2.08. The lowest BCUT2D eigenvalue weighted by atomic mass is 9.84. The SMILES string of the molecule is C=C(CC1Cc2ccc(O)cc2N(C)C1C)OCC. The van der Waals surface area contributed by atoms with Crippen LogP contribution >= 0.6 is 0 Å². The van der Waals surface area contributed by atoms with Gasteiger partial charge in [-0.2, -0.15) is 0 Å². The molecule has 3 heteroatoms. The van der Waals surface area contributed by atoms with Gasteiger partial charge in [0.25, 0.3) is 0 Å². The highest BCUT2D eigenvalue weighted by molar-refractivity contribution is 5.59. The molecule has 0 bridgehead atoms. The van der Waals surface area contributed by atoms with Gasteiger partial charge in [-0.1, -0.05) is 12.6 Å². The number of ether oxygens (including phenoxy) is 1. The molecule has 0 radical (unpaired) electrons. The Balaban J connectivity index is 2.18. The Bertz CT molecular complexity index is 470. The third-order valence-corrected chi connectivity index (χ3v) is 4.06. The molecule has 2 unspecified atom stereocenters. The molecule has 104 valence electrons. The summed E-state index contributed by atoms with van der Waals surface area (Å²) in [4.78, 5) is 2.24.